The number of hydrogen-bond donors (Lipinski definition) is 3. The number of hydrogen-bond acceptors (Lipinski definition) is 4. The zero-order valence-electron chi connectivity index (χ0n) is 24.2. The van der Waals surface area contributed by atoms with Crippen LogP contribution < -0.4 is 11.1 Å². The molecule has 0 fully saturated rings. The number of aliphatic hydroxyl groups is 1. The number of aliphatic hydroxyl groups excluding tert-OH is 1. The Balaban J connectivity index is 1.83. The van der Waals surface area contributed by atoms with E-state index < -0.39 is 40.4 Å². The molecule has 2 aromatic carbocycles. The van der Waals surface area contributed by atoms with E-state index in [4.69, 9.17) is 5.73 Å². The van der Waals surface area contributed by atoms with Crippen LogP contribution in [0.2, 0.25) is 0 Å². The van der Waals surface area contributed by atoms with Gasteiger partial charge in [-0.2, -0.15) is 13.2 Å². The highest BCUT2D eigenvalue weighted by atomic mass is 19.4. The second-order valence-corrected chi connectivity index (χ2v) is 11.3. The fourth-order valence-electron chi connectivity index (χ4n) is 5.98. The van der Waals surface area contributed by atoms with Crippen LogP contribution in [-0.2, 0) is 28.7 Å². The van der Waals surface area contributed by atoms with Crippen molar-refractivity contribution < 1.29 is 32.3 Å². The van der Waals surface area contributed by atoms with E-state index in [2.05, 4.69) is 5.32 Å². The standard InChI is InChI=1S/C32H41F4N3O3/c1-3-15-39(16-4-2)29(42)31(14-8-13-30(22-31,28(37)41)18-23-9-6-5-7-10-23)19-25(40)21-38-20-24-11-12-26(27(33)17-24)32(34,35)36/h5-13,17,25,38,40H,3-4,14-16,18-22H2,1-2H3,(H2,37,41)/t25-,30+,31?/m1/s1. The summed E-state index contributed by atoms with van der Waals surface area (Å²) in [7, 11) is 0. The van der Waals surface area contributed by atoms with Gasteiger partial charge in [0.1, 0.15) is 5.82 Å². The number of amides is 2. The van der Waals surface area contributed by atoms with Crippen LogP contribution in [0.3, 0.4) is 0 Å². The minimum absolute atomic E-state index is 0.00516. The molecular weight excluding hydrogens is 550 g/mol. The van der Waals surface area contributed by atoms with E-state index in [1.54, 1.807) is 11.0 Å². The lowest BCUT2D eigenvalue weighted by Gasteiger charge is -2.45. The molecule has 42 heavy (non-hydrogen) atoms. The second kappa shape index (κ2) is 14.3. The maximum Gasteiger partial charge on any atom is 0.419 e. The van der Waals surface area contributed by atoms with Crippen molar-refractivity contribution >= 4 is 11.8 Å². The van der Waals surface area contributed by atoms with Crippen molar-refractivity contribution in [3.63, 3.8) is 0 Å². The first kappa shape index (κ1) is 33.3. The first-order chi connectivity index (χ1) is 19.9. The maximum absolute atomic E-state index is 14.2. The van der Waals surface area contributed by atoms with Gasteiger partial charge in [-0.1, -0.05) is 62.4 Å². The molecule has 6 nitrogen and oxygen atoms in total. The Bertz CT molecular complexity index is 1230. The summed E-state index contributed by atoms with van der Waals surface area (Å²) in [6.45, 7) is 5.06. The molecule has 1 unspecified atom stereocenters. The van der Waals surface area contributed by atoms with Gasteiger partial charge in [0, 0.05) is 26.2 Å². The van der Waals surface area contributed by atoms with Gasteiger partial charge in [-0.05, 0) is 61.8 Å². The van der Waals surface area contributed by atoms with Gasteiger partial charge in [0.15, 0.2) is 0 Å². The van der Waals surface area contributed by atoms with Gasteiger partial charge in [0.05, 0.1) is 22.5 Å². The third-order valence-electron chi connectivity index (χ3n) is 7.85. The van der Waals surface area contributed by atoms with E-state index in [1.165, 1.54) is 6.07 Å². The van der Waals surface area contributed by atoms with Crippen LogP contribution in [0.1, 0.15) is 62.6 Å². The number of primary amides is 1. The Morgan fingerprint density at radius 1 is 1.07 bits per heavy atom. The van der Waals surface area contributed by atoms with E-state index in [0.29, 0.717) is 32.0 Å². The fourth-order valence-corrected chi connectivity index (χ4v) is 5.98. The molecule has 2 aromatic rings. The molecule has 0 saturated heterocycles. The predicted molar refractivity (Wildman–Crippen MR) is 153 cm³/mol. The van der Waals surface area contributed by atoms with Crippen LogP contribution in [0.25, 0.3) is 0 Å². The molecule has 0 saturated carbocycles. The van der Waals surface area contributed by atoms with Gasteiger partial charge in [-0.15, -0.1) is 0 Å². The number of carbonyl (C=O) groups excluding carboxylic acids is 2. The molecule has 0 radical (unpaired) electrons. The maximum atomic E-state index is 14.2. The number of carbonyl (C=O) groups is 2. The van der Waals surface area contributed by atoms with Crippen LogP contribution in [0.5, 0.6) is 0 Å². The van der Waals surface area contributed by atoms with Crippen molar-refractivity contribution in [2.45, 2.75) is 71.2 Å². The minimum Gasteiger partial charge on any atom is -0.392 e. The van der Waals surface area contributed by atoms with Crippen LogP contribution in [-0.4, -0.2) is 47.6 Å². The fraction of sp³-hybridized carbons (Fsp3) is 0.500. The number of allylic oxidation sites excluding steroid dienone is 1. The third-order valence-corrected chi connectivity index (χ3v) is 7.85. The van der Waals surface area contributed by atoms with Crippen molar-refractivity contribution in [1.82, 2.24) is 10.2 Å². The number of rotatable bonds is 14. The molecule has 0 aromatic heterocycles. The van der Waals surface area contributed by atoms with Crippen LogP contribution >= 0.6 is 0 Å². The van der Waals surface area contributed by atoms with Crippen LogP contribution in [0.4, 0.5) is 17.6 Å². The molecule has 0 aliphatic heterocycles. The van der Waals surface area contributed by atoms with Gasteiger partial charge in [0.25, 0.3) is 0 Å². The first-order valence-corrected chi connectivity index (χ1v) is 14.4. The average Bonchev–Trinajstić information content (AvgIpc) is 2.92. The Hall–Kier alpha value is -3.24. The quantitative estimate of drug-likeness (QED) is 0.203. The summed E-state index contributed by atoms with van der Waals surface area (Å²) in [6, 6.07) is 12.1. The molecule has 1 aliphatic carbocycles. The highest BCUT2D eigenvalue weighted by Gasteiger charge is 2.51. The van der Waals surface area contributed by atoms with E-state index >= 15 is 0 Å². The second-order valence-electron chi connectivity index (χ2n) is 11.3. The number of nitrogens with one attached hydrogen (secondary N) is 1. The topological polar surface area (TPSA) is 95.7 Å². The summed E-state index contributed by atoms with van der Waals surface area (Å²) in [4.78, 5) is 29.0. The Morgan fingerprint density at radius 3 is 2.31 bits per heavy atom. The highest BCUT2D eigenvalue weighted by Crippen LogP contribution is 2.48. The average molecular weight is 592 g/mol. The molecule has 0 bridgehead atoms. The molecule has 10 heteroatoms. The molecule has 0 spiro atoms. The smallest absolute Gasteiger partial charge is 0.392 e. The summed E-state index contributed by atoms with van der Waals surface area (Å²) >= 11 is 0. The molecule has 4 N–H and O–H groups in total. The van der Waals surface area contributed by atoms with Crippen molar-refractivity contribution in [3.05, 3.63) is 83.2 Å². The van der Waals surface area contributed by atoms with Gasteiger partial charge >= 0.3 is 6.18 Å². The first-order valence-electron chi connectivity index (χ1n) is 14.4. The van der Waals surface area contributed by atoms with Crippen molar-refractivity contribution in [1.29, 1.82) is 0 Å². The van der Waals surface area contributed by atoms with Crippen molar-refractivity contribution in [3.8, 4) is 0 Å². The monoisotopic (exact) mass is 591 g/mol. The van der Waals surface area contributed by atoms with E-state index in [-0.39, 0.29) is 37.4 Å². The van der Waals surface area contributed by atoms with E-state index in [1.807, 2.05) is 50.3 Å². The van der Waals surface area contributed by atoms with Gasteiger partial charge in [-0.25, -0.2) is 4.39 Å². The number of nitrogens with zero attached hydrogens (tertiary/aromatic N) is 1. The minimum atomic E-state index is -4.79. The lowest BCUT2D eigenvalue weighted by molar-refractivity contribution is -0.148. The summed E-state index contributed by atoms with van der Waals surface area (Å²) in [5, 5.41) is 14.1. The van der Waals surface area contributed by atoms with Crippen molar-refractivity contribution in [2.75, 3.05) is 19.6 Å². The highest BCUT2D eigenvalue weighted by molar-refractivity contribution is 5.88. The van der Waals surface area contributed by atoms with Gasteiger partial charge < -0.3 is 21.1 Å². The Labute approximate surface area is 245 Å². The summed E-state index contributed by atoms with van der Waals surface area (Å²) in [6.07, 6.45) is 0.0803. The van der Waals surface area contributed by atoms with E-state index in [9.17, 15) is 32.3 Å². The summed E-state index contributed by atoms with van der Waals surface area (Å²) < 4.78 is 52.7. The molecule has 2 amide bonds. The lowest BCUT2D eigenvalue weighted by Crippen LogP contribution is -2.53. The molecule has 230 valence electrons. The third kappa shape index (κ3) is 8.19. The summed E-state index contributed by atoms with van der Waals surface area (Å²) in [5.41, 5.74) is 3.60. The lowest BCUT2D eigenvalue weighted by atomic mass is 9.60. The molecule has 3 atom stereocenters. The SMILES string of the molecule is CCCN(CCC)C(=O)C1(C[C@@H](O)CNCc2ccc(C(F)(F)F)c(F)c2)CC=C[C@@](Cc2ccccc2)(C(N)=O)C1. The zero-order valence-corrected chi connectivity index (χ0v) is 24.2. The largest absolute Gasteiger partial charge is 0.419 e. The van der Waals surface area contributed by atoms with Gasteiger partial charge in [0.2, 0.25) is 11.8 Å². The zero-order chi connectivity index (χ0) is 31.0. The molecule has 1 aliphatic rings. The number of nitrogens with two attached hydrogens (primary N) is 1. The molecule has 0 heterocycles. The predicted octanol–water partition coefficient (Wildman–Crippen LogP) is 5.38. The molecular formula is C32H41F4N3O3. The van der Waals surface area contributed by atoms with Gasteiger partial charge in [-0.3, -0.25) is 9.59 Å². The Kier molecular flexibility index (Phi) is 11.3. The number of alkyl halides is 3. The number of benzene rings is 2. The summed E-state index contributed by atoms with van der Waals surface area (Å²) in [5.74, 6) is -2.05. The molecule has 3 rings (SSSR count). The van der Waals surface area contributed by atoms with E-state index in [0.717, 1.165) is 24.5 Å². The normalized spacial score (nSPS) is 21.2. The Morgan fingerprint density at radius 2 is 1.74 bits per heavy atom. The van der Waals surface area contributed by atoms with Crippen LogP contribution in [0.15, 0.2) is 60.7 Å². The van der Waals surface area contributed by atoms with Crippen molar-refractivity contribution in [2.24, 2.45) is 16.6 Å². The van der Waals surface area contributed by atoms with Crippen LogP contribution in [0, 0.1) is 16.6 Å². The number of halogens is 4.